The molecule has 0 N–H and O–H groups in total. The molecule has 110 valence electrons. The van der Waals surface area contributed by atoms with Crippen molar-refractivity contribution in [3.63, 3.8) is 0 Å². The molecule has 4 nitrogen and oxygen atoms in total. The van der Waals surface area contributed by atoms with E-state index in [1.165, 1.54) is 13.2 Å². The van der Waals surface area contributed by atoms with Crippen molar-refractivity contribution in [1.82, 2.24) is 0 Å². The van der Waals surface area contributed by atoms with E-state index in [0.717, 1.165) is 29.7 Å². The Morgan fingerprint density at radius 2 is 1.90 bits per heavy atom. The second-order valence-corrected chi connectivity index (χ2v) is 4.52. The standard InChI is InChI=1S/C16H22O4/c1-13(11-16(17)19-3)5-4-10-20-12-14-6-8-15(18-2)9-7-14/h6-9,11H,4-5,10,12H2,1-3H3/b13-11+. The van der Waals surface area contributed by atoms with Crippen LogP contribution >= 0.6 is 0 Å². The van der Waals surface area contributed by atoms with Gasteiger partial charge in [-0.15, -0.1) is 0 Å². The fourth-order valence-electron chi connectivity index (χ4n) is 1.70. The zero-order chi connectivity index (χ0) is 14.8. The molecule has 0 unspecified atom stereocenters. The van der Waals surface area contributed by atoms with Gasteiger partial charge in [-0.25, -0.2) is 4.79 Å². The van der Waals surface area contributed by atoms with E-state index in [4.69, 9.17) is 9.47 Å². The van der Waals surface area contributed by atoms with Gasteiger partial charge >= 0.3 is 5.97 Å². The summed E-state index contributed by atoms with van der Waals surface area (Å²) in [6.45, 7) is 3.17. The van der Waals surface area contributed by atoms with Crippen molar-refractivity contribution in [2.45, 2.75) is 26.4 Å². The Bertz CT molecular complexity index is 434. The van der Waals surface area contributed by atoms with Gasteiger partial charge in [-0.05, 0) is 37.5 Å². The first kappa shape index (κ1) is 16.2. The molecule has 0 atom stereocenters. The van der Waals surface area contributed by atoms with Gasteiger partial charge in [0.15, 0.2) is 0 Å². The van der Waals surface area contributed by atoms with Gasteiger partial charge in [0.05, 0.1) is 20.8 Å². The second-order valence-electron chi connectivity index (χ2n) is 4.52. The number of hydrogen-bond donors (Lipinski definition) is 0. The molecule has 20 heavy (non-hydrogen) atoms. The molecule has 4 heteroatoms. The van der Waals surface area contributed by atoms with E-state index in [1.54, 1.807) is 7.11 Å². The minimum absolute atomic E-state index is 0.304. The lowest BCUT2D eigenvalue weighted by Crippen LogP contribution is -1.98. The predicted molar refractivity (Wildman–Crippen MR) is 77.7 cm³/mol. The molecular formula is C16H22O4. The molecule has 0 amide bonds. The monoisotopic (exact) mass is 278 g/mol. The van der Waals surface area contributed by atoms with Crippen LogP contribution in [0.3, 0.4) is 0 Å². The molecule has 1 aromatic rings. The molecule has 0 fully saturated rings. The average Bonchev–Trinajstić information content (AvgIpc) is 2.47. The van der Waals surface area contributed by atoms with Crippen LogP contribution in [-0.4, -0.2) is 26.8 Å². The molecule has 1 rings (SSSR count). The van der Waals surface area contributed by atoms with Crippen LogP contribution in [-0.2, 0) is 20.9 Å². The Morgan fingerprint density at radius 1 is 1.20 bits per heavy atom. The van der Waals surface area contributed by atoms with Crippen molar-refractivity contribution in [3.8, 4) is 5.75 Å². The highest BCUT2D eigenvalue weighted by molar-refractivity contribution is 5.82. The van der Waals surface area contributed by atoms with Gasteiger partial charge in [-0.3, -0.25) is 0 Å². The summed E-state index contributed by atoms with van der Waals surface area (Å²) >= 11 is 0. The molecule has 0 spiro atoms. The number of carbonyl (C=O) groups excluding carboxylic acids is 1. The Hall–Kier alpha value is -1.81. The Balaban J connectivity index is 2.18. The van der Waals surface area contributed by atoms with Gasteiger partial charge in [0.1, 0.15) is 5.75 Å². The first-order chi connectivity index (χ1) is 9.65. The van der Waals surface area contributed by atoms with Crippen LogP contribution in [0.1, 0.15) is 25.3 Å². The van der Waals surface area contributed by atoms with Crippen LogP contribution < -0.4 is 4.74 Å². The lowest BCUT2D eigenvalue weighted by Gasteiger charge is -2.06. The van der Waals surface area contributed by atoms with Crippen molar-refractivity contribution in [3.05, 3.63) is 41.5 Å². The third-order valence-electron chi connectivity index (χ3n) is 2.85. The normalized spacial score (nSPS) is 11.2. The summed E-state index contributed by atoms with van der Waals surface area (Å²) < 4.78 is 15.3. The Kier molecular flexibility index (Phi) is 7.43. The first-order valence-electron chi connectivity index (χ1n) is 6.61. The summed E-state index contributed by atoms with van der Waals surface area (Å²) in [7, 11) is 3.03. The number of methoxy groups -OCH3 is 2. The molecule has 0 heterocycles. The second kappa shape index (κ2) is 9.15. The highest BCUT2D eigenvalue weighted by Gasteiger charge is 1.98. The van der Waals surface area contributed by atoms with E-state index in [0.29, 0.717) is 13.2 Å². The van der Waals surface area contributed by atoms with Crippen molar-refractivity contribution in [2.75, 3.05) is 20.8 Å². The zero-order valence-corrected chi connectivity index (χ0v) is 12.3. The Morgan fingerprint density at radius 3 is 2.50 bits per heavy atom. The summed E-state index contributed by atoms with van der Waals surface area (Å²) in [6, 6.07) is 7.81. The minimum Gasteiger partial charge on any atom is -0.497 e. The summed E-state index contributed by atoms with van der Waals surface area (Å²) in [6.07, 6.45) is 3.23. The summed E-state index contributed by atoms with van der Waals surface area (Å²) in [4.78, 5) is 11.0. The quantitative estimate of drug-likeness (QED) is 0.416. The fraction of sp³-hybridized carbons (Fsp3) is 0.438. The van der Waals surface area contributed by atoms with E-state index < -0.39 is 0 Å². The number of esters is 1. The molecule has 0 radical (unpaired) electrons. The first-order valence-corrected chi connectivity index (χ1v) is 6.61. The summed E-state index contributed by atoms with van der Waals surface area (Å²) in [5, 5.41) is 0. The summed E-state index contributed by atoms with van der Waals surface area (Å²) in [5.41, 5.74) is 2.12. The molecule has 0 bridgehead atoms. The molecule has 0 aliphatic heterocycles. The number of allylic oxidation sites excluding steroid dienone is 1. The van der Waals surface area contributed by atoms with Gasteiger partial charge in [0.25, 0.3) is 0 Å². The highest BCUT2D eigenvalue weighted by atomic mass is 16.5. The number of ether oxygens (including phenoxy) is 3. The molecule has 0 saturated heterocycles. The van der Waals surface area contributed by atoms with Crippen molar-refractivity contribution in [1.29, 1.82) is 0 Å². The van der Waals surface area contributed by atoms with Crippen LogP contribution in [0.5, 0.6) is 5.75 Å². The zero-order valence-electron chi connectivity index (χ0n) is 12.3. The van der Waals surface area contributed by atoms with Crippen LogP contribution in [0.4, 0.5) is 0 Å². The van der Waals surface area contributed by atoms with Crippen LogP contribution in [0.2, 0.25) is 0 Å². The van der Waals surface area contributed by atoms with Gasteiger partial charge in [-0.1, -0.05) is 17.7 Å². The van der Waals surface area contributed by atoms with Crippen molar-refractivity contribution in [2.24, 2.45) is 0 Å². The van der Waals surface area contributed by atoms with Gasteiger partial charge in [-0.2, -0.15) is 0 Å². The van der Waals surface area contributed by atoms with Crippen molar-refractivity contribution >= 4 is 5.97 Å². The SMILES string of the molecule is COC(=O)/C=C(\C)CCCOCc1ccc(OC)cc1. The summed E-state index contributed by atoms with van der Waals surface area (Å²) in [5.74, 6) is 0.541. The third kappa shape index (κ3) is 6.38. The lowest BCUT2D eigenvalue weighted by atomic mass is 10.1. The molecule has 0 aromatic heterocycles. The number of hydrogen-bond acceptors (Lipinski definition) is 4. The van der Waals surface area contributed by atoms with E-state index in [-0.39, 0.29) is 5.97 Å². The van der Waals surface area contributed by atoms with Gasteiger partial charge in [0, 0.05) is 12.7 Å². The number of carbonyl (C=O) groups is 1. The molecule has 1 aromatic carbocycles. The third-order valence-corrected chi connectivity index (χ3v) is 2.85. The average molecular weight is 278 g/mol. The lowest BCUT2D eigenvalue weighted by molar-refractivity contribution is -0.134. The van der Waals surface area contributed by atoms with E-state index in [9.17, 15) is 4.79 Å². The molecular weight excluding hydrogens is 256 g/mol. The maximum absolute atomic E-state index is 11.0. The topological polar surface area (TPSA) is 44.8 Å². The van der Waals surface area contributed by atoms with E-state index in [2.05, 4.69) is 4.74 Å². The predicted octanol–water partition coefficient (Wildman–Crippen LogP) is 3.11. The van der Waals surface area contributed by atoms with E-state index >= 15 is 0 Å². The minimum atomic E-state index is -0.304. The number of benzene rings is 1. The maximum atomic E-state index is 11.0. The molecule has 0 aliphatic carbocycles. The highest BCUT2D eigenvalue weighted by Crippen LogP contribution is 2.12. The smallest absolute Gasteiger partial charge is 0.330 e. The molecule has 0 saturated carbocycles. The Labute approximate surface area is 120 Å². The van der Waals surface area contributed by atoms with Gasteiger partial charge < -0.3 is 14.2 Å². The van der Waals surface area contributed by atoms with Crippen LogP contribution in [0.15, 0.2) is 35.9 Å². The van der Waals surface area contributed by atoms with E-state index in [1.807, 2.05) is 31.2 Å². The number of rotatable bonds is 8. The largest absolute Gasteiger partial charge is 0.497 e. The maximum Gasteiger partial charge on any atom is 0.330 e. The molecule has 0 aliphatic rings. The van der Waals surface area contributed by atoms with Crippen molar-refractivity contribution < 1.29 is 19.0 Å². The van der Waals surface area contributed by atoms with Gasteiger partial charge in [0.2, 0.25) is 0 Å². The fourth-order valence-corrected chi connectivity index (χ4v) is 1.70. The van der Waals surface area contributed by atoms with Crippen LogP contribution in [0.25, 0.3) is 0 Å². The van der Waals surface area contributed by atoms with Crippen LogP contribution in [0, 0.1) is 0 Å².